The predicted molar refractivity (Wildman–Crippen MR) is 82.5 cm³/mol. The first-order chi connectivity index (χ1) is 10.1. The number of nitrogens with one attached hydrogen (secondary N) is 2. The van der Waals surface area contributed by atoms with Gasteiger partial charge in [0.2, 0.25) is 0 Å². The predicted octanol–water partition coefficient (Wildman–Crippen LogP) is 2.56. The smallest absolute Gasteiger partial charge is 0.276 e. The van der Waals surface area contributed by atoms with E-state index in [1.165, 1.54) is 0 Å². The highest BCUT2D eigenvalue weighted by molar-refractivity contribution is 6.03. The third-order valence-electron chi connectivity index (χ3n) is 2.93. The highest BCUT2D eigenvalue weighted by Gasteiger charge is 2.10. The fourth-order valence-corrected chi connectivity index (χ4v) is 1.81. The zero-order valence-corrected chi connectivity index (χ0v) is 12.5. The number of hydrogen-bond acceptors (Lipinski definition) is 5. The van der Waals surface area contributed by atoms with Gasteiger partial charge in [-0.15, -0.1) is 10.2 Å². The van der Waals surface area contributed by atoms with Gasteiger partial charge in [0.05, 0.1) is 11.4 Å². The minimum atomic E-state index is -0.293. The molecule has 110 valence electrons. The number of hydrogen-bond donors (Lipinski definition) is 2. The molecular formula is C15H19N5O. The number of amides is 1. The number of aromatic nitrogens is 3. The second kappa shape index (κ2) is 6.78. The van der Waals surface area contributed by atoms with E-state index in [2.05, 4.69) is 32.7 Å². The summed E-state index contributed by atoms with van der Waals surface area (Å²) in [5.74, 6) is 0.375. The first-order valence-corrected chi connectivity index (χ1v) is 6.93. The fraction of sp³-hybridized carbons (Fsp3) is 0.333. The molecular weight excluding hydrogens is 266 g/mol. The van der Waals surface area contributed by atoms with Crippen molar-refractivity contribution in [2.75, 3.05) is 17.2 Å². The molecule has 0 unspecified atom stereocenters. The van der Waals surface area contributed by atoms with Gasteiger partial charge < -0.3 is 10.6 Å². The zero-order chi connectivity index (χ0) is 15.2. The molecule has 2 aromatic heterocycles. The maximum absolute atomic E-state index is 12.1. The van der Waals surface area contributed by atoms with E-state index in [0.717, 1.165) is 24.4 Å². The molecule has 0 atom stereocenters. The van der Waals surface area contributed by atoms with Crippen LogP contribution in [0, 0.1) is 13.8 Å². The van der Waals surface area contributed by atoms with Crippen molar-refractivity contribution in [3.8, 4) is 0 Å². The number of carbonyl (C=O) groups is 1. The van der Waals surface area contributed by atoms with Gasteiger partial charge in [-0.1, -0.05) is 6.92 Å². The van der Waals surface area contributed by atoms with E-state index in [1.54, 1.807) is 12.1 Å². The Morgan fingerprint density at radius 3 is 2.57 bits per heavy atom. The van der Waals surface area contributed by atoms with Gasteiger partial charge in [-0.25, -0.2) is 0 Å². The molecule has 0 aromatic carbocycles. The Morgan fingerprint density at radius 1 is 1.14 bits per heavy atom. The van der Waals surface area contributed by atoms with Gasteiger partial charge in [-0.3, -0.25) is 9.78 Å². The highest BCUT2D eigenvalue weighted by Crippen LogP contribution is 2.13. The van der Waals surface area contributed by atoms with Crippen molar-refractivity contribution in [1.82, 2.24) is 15.2 Å². The molecule has 2 heterocycles. The van der Waals surface area contributed by atoms with Gasteiger partial charge in [0.15, 0.2) is 5.69 Å². The van der Waals surface area contributed by atoms with Crippen LogP contribution in [0.2, 0.25) is 0 Å². The number of aryl methyl sites for hydroxylation is 2. The highest BCUT2D eigenvalue weighted by atomic mass is 16.1. The van der Waals surface area contributed by atoms with Gasteiger partial charge in [0.1, 0.15) is 5.82 Å². The number of anilines is 2. The Balaban J connectivity index is 2.06. The molecule has 6 heteroatoms. The van der Waals surface area contributed by atoms with Crippen molar-refractivity contribution in [1.29, 1.82) is 0 Å². The van der Waals surface area contributed by atoms with Gasteiger partial charge in [0, 0.05) is 12.2 Å². The monoisotopic (exact) mass is 285 g/mol. The van der Waals surface area contributed by atoms with Crippen molar-refractivity contribution in [3.05, 3.63) is 41.3 Å². The molecule has 0 spiro atoms. The van der Waals surface area contributed by atoms with Crippen molar-refractivity contribution in [2.45, 2.75) is 27.2 Å². The Hall–Kier alpha value is -2.50. The van der Waals surface area contributed by atoms with Crippen LogP contribution < -0.4 is 10.6 Å². The summed E-state index contributed by atoms with van der Waals surface area (Å²) in [7, 11) is 0. The third-order valence-corrected chi connectivity index (χ3v) is 2.93. The van der Waals surface area contributed by atoms with Crippen molar-refractivity contribution in [3.63, 3.8) is 0 Å². The maximum Gasteiger partial charge on any atom is 0.276 e. The van der Waals surface area contributed by atoms with Crippen LogP contribution in [0.1, 0.15) is 35.2 Å². The number of carbonyl (C=O) groups excluding carboxylic acids is 1. The quantitative estimate of drug-likeness (QED) is 0.882. The van der Waals surface area contributed by atoms with Crippen molar-refractivity contribution >= 4 is 17.4 Å². The molecule has 2 rings (SSSR count). The lowest BCUT2D eigenvalue weighted by molar-refractivity contribution is 0.102. The Kier molecular flexibility index (Phi) is 4.81. The maximum atomic E-state index is 12.1. The van der Waals surface area contributed by atoms with Crippen LogP contribution in [0.3, 0.4) is 0 Å². The second-order valence-corrected chi connectivity index (χ2v) is 4.77. The summed E-state index contributed by atoms with van der Waals surface area (Å²) in [5.41, 5.74) is 2.65. The van der Waals surface area contributed by atoms with Crippen LogP contribution in [0.5, 0.6) is 0 Å². The number of pyridine rings is 1. The van der Waals surface area contributed by atoms with Crippen molar-refractivity contribution in [2.24, 2.45) is 0 Å². The van der Waals surface area contributed by atoms with E-state index < -0.39 is 0 Å². The Labute approximate surface area is 124 Å². The third kappa shape index (κ3) is 3.98. The van der Waals surface area contributed by atoms with E-state index in [0.29, 0.717) is 11.5 Å². The number of nitrogens with zero attached hydrogens (tertiary/aromatic N) is 3. The van der Waals surface area contributed by atoms with E-state index in [1.807, 2.05) is 26.0 Å². The molecule has 0 bridgehead atoms. The van der Waals surface area contributed by atoms with Crippen LogP contribution in [-0.2, 0) is 0 Å². The summed E-state index contributed by atoms with van der Waals surface area (Å²) in [5, 5.41) is 13.8. The standard InChI is InChI=1S/C15H19N5O/c1-4-9-16-14-8-7-13(19-20-14)15(21)18-12-6-5-10(2)17-11(12)3/h5-8H,4,9H2,1-3H3,(H,16,20)(H,18,21). The minimum absolute atomic E-state index is 0.275. The Bertz CT molecular complexity index is 624. The van der Waals surface area contributed by atoms with E-state index in [-0.39, 0.29) is 11.6 Å². The van der Waals surface area contributed by atoms with Crippen molar-refractivity contribution < 1.29 is 4.79 Å². The molecule has 0 aliphatic carbocycles. The summed E-state index contributed by atoms with van der Waals surface area (Å²) < 4.78 is 0. The number of rotatable bonds is 5. The summed E-state index contributed by atoms with van der Waals surface area (Å²) >= 11 is 0. The summed E-state index contributed by atoms with van der Waals surface area (Å²) in [6.45, 7) is 6.66. The average Bonchev–Trinajstić information content (AvgIpc) is 2.48. The molecule has 0 saturated carbocycles. The molecule has 0 saturated heterocycles. The normalized spacial score (nSPS) is 10.2. The largest absolute Gasteiger partial charge is 0.369 e. The molecule has 2 N–H and O–H groups in total. The lowest BCUT2D eigenvalue weighted by Gasteiger charge is -2.08. The van der Waals surface area contributed by atoms with E-state index >= 15 is 0 Å². The first-order valence-electron chi connectivity index (χ1n) is 6.93. The summed E-state index contributed by atoms with van der Waals surface area (Å²) in [6, 6.07) is 7.08. The van der Waals surface area contributed by atoms with Gasteiger partial charge in [-0.2, -0.15) is 0 Å². The van der Waals surface area contributed by atoms with Gasteiger partial charge in [0.25, 0.3) is 5.91 Å². The molecule has 0 aliphatic rings. The molecule has 21 heavy (non-hydrogen) atoms. The Morgan fingerprint density at radius 2 is 1.95 bits per heavy atom. The molecule has 6 nitrogen and oxygen atoms in total. The fourth-order valence-electron chi connectivity index (χ4n) is 1.81. The topological polar surface area (TPSA) is 79.8 Å². The summed E-state index contributed by atoms with van der Waals surface area (Å²) in [4.78, 5) is 16.4. The molecule has 2 aromatic rings. The molecule has 0 fully saturated rings. The average molecular weight is 285 g/mol. The first kappa shape index (κ1) is 14.9. The minimum Gasteiger partial charge on any atom is -0.369 e. The van der Waals surface area contributed by atoms with Crippen LogP contribution >= 0.6 is 0 Å². The van der Waals surface area contributed by atoms with Crippen LogP contribution in [0.4, 0.5) is 11.5 Å². The molecule has 0 aliphatic heterocycles. The lowest BCUT2D eigenvalue weighted by Crippen LogP contribution is -2.16. The van der Waals surface area contributed by atoms with Gasteiger partial charge in [-0.05, 0) is 44.5 Å². The van der Waals surface area contributed by atoms with E-state index in [9.17, 15) is 4.79 Å². The SMILES string of the molecule is CCCNc1ccc(C(=O)Nc2ccc(C)nc2C)nn1. The molecule has 1 amide bonds. The summed E-state index contributed by atoms with van der Waals surface area (Å²) in [6.07, 6.45) is 1.00. The lowest BCUT2D eigenvalue weighted by atomic mass is 10.2. The van der Waals surface area contributed by atoms with Gasteiger partial charge >= 0.3 is 0 Å². The van der Waals surface area contributed by atoms with Crippen LogP contribution in [0.15, 0.2) is 24.3 Å². The van der Waals surface area contributed by atoms with Crippen LogP contribution in [-0.4, -0.2) is 27.6 Å². The van der Waals surface area contributed by atoms with E-state index in [4.69, 9.17) is 0 Å². The second-order valence-electron chi connectivity index (χ2n) is 4.77. The molecule has 0 radical (unpaired) electrons. The van der Waals surface area contributed by atoms with Crippen LogP contribution in [0.25, 0.3) is 0 Å². The zero-order valence-electron chi connectivity index (χ0n) is 12.5.